The summed E-state index contributed by atoms with van der Waals surface area (Å²) in [6.07, 6.45) is 2.80. The van der Waals surface area contributed by atoms with E-state index in [1.54, 1.807) is 11.8 Å². The molecule has 1 amide bonds. The standard InChI is InChI=1S/C25H35N5O4S/c1-16(2)11-12-30-22(14-34-18-7-5-4-6-8-18)28-29-25(30)35-15-21-26-20-13-17(24(32)33-3)9-10-19(20)23(31)27-21/h4-8,16-17,19-21,26H,9-15H2,1-3H3,(H,27,31). The topological polar surface area (TPSA) is 107 Å². The van der Waals surface area contributed by atoms with Gasteiger partial charge in [0.1, 0.15) is 12.4 Å². The molecule has 35 heavy (non-hydrogen) atoms. The van der Waals surface area contributed by atoms with Crippen molar-refractivity contribution in [1.82, 2.24) is 25.4 Å². The van der Waals surface area contributed by atoms with Crippen molar-refractivity contribution in [2.75, 3.05) is 12.9 Å². The summed E-state index contributed by atoms with van der Waals surface area (Å²) in [5.41, 5.74) is 0. The molecule has 9 nitrogen and oxygen atoms in total. The van der Waals surface area contributed by atoms with E-state index in [-0.39, 0.29) is 35.9 Å². The second-order valence-electron chi connectivity index (χ2n) is 9.62. The third kappa shape index (κ3) is 6.55. The zero-order valence-corrected chi connectivity index (χ0v) is 21.4. The maximum absolute atomic E-state index is 12.7. The van der Waals surface area contributed by atoms with Gasteiger partial charge in [-0.05, 0) is 43.7 Å². The van der Waals surface area contributed by atoms with Crippen molar-refractivity contribution in [3.8, 4) is 5.75 Å². The molecule has 4 atom stereocenters. The van der Waals surface area contributed by atoms with E-state index >= 15 is 0 Å². The molecule has 2 aromatic rings. The van der Waals surface area contributed by atoms with Gasteiger partial charge in [0.05, 0.1) is 25.1 Å². The first-order valence-corrected chi connectivity index (χ1v) is 13.3. The first-order valence-electron chi connectivity index (χ1n) is 12.3. The number of benzene rings is 1. The zero-order chi connectivity index (χ0) is 24.8. The van der Waals surface area contributed by atoms with Crippen molar-refractivity contribution in [2.24, 2.45) is 17.8 Å². The first kappa shape index (κ1) is 25.5. The fourth-order valence-electron chi connectivity index (χ4n) is 4.68. The Hall–Kier alpha value is -2.59. The SMILES string of the molecule is COC(=O)C1CCC2C(=O)NC(CSc3nnc(COc4ccccc4)n3CCC(C)C)NC2C1. The number of para-hydroxylation sites is 1. The molecule has 4 rings (SSSR count). The van der Waals surface area contributed by atoms with Gasteiger partial charge < -0.3 is 19.4 Å². The van der Waals surface area contributed by atoms with Crippen LogP contribution in [0.15, 0.2) is 35.5 Å². The predicted octanol–water partition coefficient (Wildman–Crippen LogP) is 3.00. The lowest BCUT2D eigenvalue weighted by Crippen LogP contribution is -2.63. The van der Waals surface area contributed by atoms with E-state index in [1.807, 2.05) is 30.3 Å². The zero-order valence-electron chi connectivity index (χ0n) is 20.6. The van der Waals surface area contributed by atoms with Gasteiger partial charge in [0.25, 0.3) is 0 Å². The normalized spacial score (nSPS) is 24.1. The summed E-state index contributed by atoms with van der Waals surface area (Å²) in [5.74, 6) is 2.34. The highest BCUT2D eigenvalue weighted by molar-refractivity contribution is 7.99. The molecule has 2 N–H and O–H groups in total. The number of methoxy groups -OCH3 is 1. The molecule has 190 valence electrons. The average molecular weight is 502 g/mol. The van der Waals surface area contributed by atoms with E-state index in [9.17, 15) is 9.59 Å². The Morgan fingerprint density at radius 1 is 1.23 bits per heavy atom. The van der Waals surface area contributed by atoms with E-state index in [0.717, 1.165) is 29.7 Å². The lowest BCUT2D eigenvalue weighted by Gasteiger charge is -2.41. The summed E-state index contributed by atoms with van der Waals surface area (Å²) in [5, 5.41) is 16.3. The minimum atomic E-state index is -0.204. The van der Waals surface area contributed by atoms with Gasteiger partial charge in [0.2, 0.25) is 5.91 Å². The van der Waals surface area contributed by atoms with Crippen LogP contribution in [0.25, 0.3) is 0 Å². The molecule has 0 radical (unpaired) electrons. The number of amides is 1. The van der Waals surface area contributed by atoms with Crippen LogP contribution < -0.4 is 15.4 Å². The number of carbonyl (C=O) groups is 2. The Balaban J connectivity index is 1.39. The predicted molar refractivity (Wildman–Crippen MR) is 133 cm³/mol. The molecule has 1 saturated carbocycles. The minimum absolute atomic E-state index is 0.0270. The van der Waals surface area contributed by atoms with Gasteiger partial charge in [-0.3, -0.25) is 14.9 Å². The van der Waals surface area contributed by atoms with Crippen LogP contribution in [0.1, 0.15) is 45.4 Å². The molecule has 2 aliphatic rings. The number of nitrogens with one attached hydrogen (secondary N) is 2. The van der Waals surface area contributed by atoms with Crippen molar-refractivity contribution < 1.29 is 19.1 Å². The Morgan fingerprint density at radius 3 is 2.77 bits per heavy atom. The largest absolute Gasteiger partial charge is 0.486 e. The molecule has 2 fully saturated rings. The molecule has 1 aromatic heterocycles. The highest BCUT2D eigenvalue weighted by Gasteiger charge is 2.42. The van der Waals surface area contributed by atoms with Crippen LogP contribution in [0.2, 0.25) is 0 Å². The van der Waals surface area contributed by atoms with Crippen molar-refractivity contribution in [3.63, 3.8) is 0 Å². The Labute approximate surface area is 210 Å². The number of fused-ring (bicyclic) bond motifs is 1. The van der Waals surface area contributed by atoms with E-state index in [4.69, 9.17) is 9.47 Å². The van der Waals surface area contributed by atoms with E-state index in [1.165, 1.54) is 7.11 Å². The third-order valence-corrected chi connectivity index (χ3v) is 7.73. The summed E-state index contributed by atoms with van der Waals surface area (Å²) in [4.78, 5) is 24.8. The molecule has 1 aliphatic carbocycles. The van der Waals surface area contributed by atoms with Crippen molar-refractivity contribution in [3.05, 3.63) is 36.2 Å². The smallest absolute Gasteiger partial charge is 0.308 e. The molecule has 0 spiro atoms. The molecule has 1 saturated heterocycles. The van der Waals surface area contributed by atoms with Crippen LogP contribution in [0.3, 0.4) is 0 Å². The number of esters is 1. The van der Waals surface area contributed by atoms with Crippen LogP contribution in [0.5, 0.6) is 5.75 Å². The summed E-state index contributed by atoms with van der Waals surface area (Å²) < 4.78 is 13.0. The summed E-state index contributed by atoms with van der Waals surface area (Å²) in [7, 11) is 1.42. The van der Waals surface area contributed by atoms with Crippen LogP contribution in [0, 0.1) is 17.8 Å². The van der Waals surface area contributed by atoms with Gasteiger partial charge in [-0.25, -0.2) is 0 Å². The lowest BCUT2D eigenvalue weighted by molar-refractivity contribution is -0.149. The quantitative estimate of drug-likeness (QED) is 0.378. The van der Waals surface area contributed by atoms with Crippen LogP contribution in [-0.2, 0) is 27.5 Å². The monoisotopic (exact) mass is 501 g/mol. The second-order valence-corrected chi connectivity index (χ2v) is 10.6. The highest BCUT2D eigenvalue weighted by atomic mass is 32.2. The second kappa shape index (κ2) is 11.9. The van der Waals surface area contributed by atoms with Crippen LogP contribution in [-0.4, -0.2) is 51.7 Å². The van der Waals surface area contributed by atoms with Crippen molar-refractivity contribution in [1.29, 1.82) is 0 Å². The van der Waals surface area contributed by atoms with Gasteiger partial charge in [0.15, 0.2) is 11.0 Å². The number of rotatable bonds is 10. The average Bonchev–Trinajstić information content (AvgIpc) is 3.26. The molecular formula is C25H35N5O4S. The van der Waals surface area contributed by atoms with Gasteiger partial charge >= 0.3 is 5.97 Å². The third-order valence-electron chi connectivity index (χ3n) is 6.67. The van der Waals surface area contributed by atoms with Gasteiger partial charge in [-0.15, -0.1) is 10.2 Å². The molecular weight excluding hydrogens is 466 g/mol. The summed E-state index contributed by atoms with van der Waals surface area (Å²) in [6, 6.07) is 9.65. The maximum atomic E-state index is 12.7. The molecule has 4 unspecified atom stereocenters. The molecule has 2 heterocycles. The number of hydrogen-bond acceptors (Lipinski definition) is 8. The summed E-state index contributed by atoms with van der Waals surface area (Å²) in [6.45, 7) is 5.53. The van der Waals surface area contributed by atoms with E-state index in [0.29, 0.717) is 37.5 Å². The van der Waals surface area contributed by atoms with E-state index < -0.39 is 0 Å². The fraction of sp³-hybridized carbons (Fsp3) is 0.600. The number of aromatic nitrogens is 3. The lowest BCUT2D eigenvalue weighted by atomic mass is 9.76. The number of ether oxygens (including phenoxy) is 2. The molecule has 0 bridgehead atoms. The number of thioether (sulfide) groups is 1. The van der Waals surface area contributed by atoms with Gasteiger partial charge in [0, 0.05) is 18.3 Å². The van der Waals surface area contributed by atoms with E-state index in [2.05, 4.69) is 39.2 Å². The van der Waals surface area contributed by atoms with Crippen LogP contribution >= 0.6 is 11.8 Å². The Morgan fingerprint density at radius 2 is 2.03 bits per heavy atom. The Bertz CT molecular complexity index is 999. The number of hydrogen-bond donors (Lipinski definition) is 2. The minimum Gasteiger partial charge on any atom is -0.486 e. The van der Waals surface area contributed by atoms with Crippen molar-refractivity contribution in [2.45, 2.75) is 70.0 Å². The Kier molecular flexibility index (Phi) is 8.67. The first-order chi connectivity index (χ1) is 16.9. The van der Waals surface area contributed by atoms with Crippen LogP contribution in [0.4, 0.5) is 0 Å². The molecule has 10 heteroatoms. The maximum Gasteiger partial charge on any atom is 0.308 e. The fourth-order valence-corrected chi connectivity index (χ4v) is 5.63. The highest BCUT2D eigenvalue weighted by Crippen LogP contribution is 2.32. The molecule has 1 aliphatic heterocycles. The molecule has 1 aromatic carbocycles. The number of nitrogens with zero attached hydrogens (tertiary/aromatic N) is 3. The number of carbonyl (C=O) groups excluding carboxylic acids is 2. The van der Waals surface area contributed by atoms with Gasteiger partial charge in [-0.1, -0.05) is 43.8 Å². The van der Waals surface area contributed by atoms with Gasteiger partial charge in [-0.2, -0.15) is 0 Å². The summed E-state index contributed by atoms with van der Waals surface area (Å²) >= 11 is 1.57. The van der Waals surface area contributed by atoms with Crippen molar-refractivity contribution >= 4 is 23.6 Å².